The molecule has 0 saturated heterocycles. The summed E-state index contributed by atoms with van der Waals surface area (Å²) in [7, 11) is 2.18. The molecular weight excluding hydrogens is 403 g/mol. The minimum Gasteiger partial charge on any atom is -0.475 e. The molecule has 2 heterocycles. The van der Waals surface area contributed by atoms with Crippen LogP contribution in [0, 0.1) is 0 Å². The monoisotopic (exact) mass is 429 g/mol. The quantitative estimate of drug-likeness (QED) is 0.372. The van der Waals surface area contributed by atoms with E-state index < -0.39 is 12.1 Å². The molecule has 2 aromatic rings. The average Bonchev–Trinajstić information content (AvgIpc) is 3.00. The molecule has 1 aliphatic heterocycles. The van der Waals surface area contributed by atoms with Gasteiger partial charge in [-0.3, -0.25) is 10.0 Å². The van der Waals surface area contributed by atoms with E-state index in [0.29, 0.717) is 6.42 Å². The first-order valence-corrected chi connectivity index (χ1v) is 9.65. The van der Waals surface area contributed by atoms with Gasteiger partial charge in [0, 0.05) is 42.7 Å². The number of unbranched alkanes of at least 4 members (excludes halogenated alkanes) is 2. The number of carboxylic acids is 1. The molecule has 7 nitrogen and oxygen atoms in total. The predicted molar refractivity (Wildman–Crippen MR) is 104 cm³/mol. The Morgan fingerprint density at radius 3 is 2.47 bits per heavy atom. The van der Waals surface area contributed by atoms with Gasteiger partial charge < -0.3 is 14.6 Å². The molecule has 3 rings (SSSR count). The van der Waals surface area contributed by atoms with E-state index in [2.05, 4.69) is 40.8 Å². The molecule has 0 atom stereocenters. The summed E-state index contributed by atoms with van der Waals surface area (Å²) in [5.74, 6) is -3.05. The standard InChI is InChI=1S/C18H25N3O2.C2HF3O2/c1-20-12-10-15-14-7-4-5-8-16(14)21(17(15)13-20)11-6-2-3-9-18(22)19-23;3-2(4,5)1(6)7/h4-5,7-8,23H,2-3,6,9-13H2,1H3,(H,19,22);(H,6,7). The van der Waals surface area contributed by atoms with Crippen LogP contribution in [-0.2, 0) is 29.1 Å². The molecule has 1 aromatic heterocycles. The maximum absolute atomic E-state index is 11.0. The highest BCUT2D eigenvalue weighted by Crippen LogP contribution is 2.30. The molecule has 166 valence electrons. The fraction of sp³-hybridized carbons (Fsp3) is 0.500. The fourth-order valence-corrected chi connectivity index (χ4v) is 3.57. The topological polar surface area (TPSA) is 94.8 Å². The van der Waals surface area contributed by atoms with Gasteiger partial charge in [-0.05, 0) is 37.9 Å². The van der Waals surface area contributed by atoms with Gasteiger partial charge in [-0.25, -0.2) is 10.3 Å². The van der Waals surface area contributed by atoms with Crippen LogP contribution in [0.2, 0.25) is 0 Å². The van der Waals surface area contributed by atoms with E-state index >= 15 is 0 Å². The SMILES string of the molecule is CN1CCc2c(n(CCCCCC(=O)NO)c3ccccc23)C1.O=C(O)C(F)(F)F. The smallest absolute Gasteiger partial charge is 0.475 e. The number of hydroxylamine groups is 1. The number of amides is 1. The van der Waals surface area contributed by atoms with Crippen molar-refractivity contribution in [1.29, 1.82) is 0 Å². The summed E-state index contributed by atoms with van der Waals surface area (Å²) < 4.78 is 34.2. The zero-order valence-corrected chi connectivity index (χ0v) is 16.7. The van der Waals surface area contributed by atoms with Gasteiger partial charge in [0.2, 0.25) is 5.91 Å². The number of likely N-dealkylation sites (N-methyl/N-ethyl adjacent to an activating group) is 1. The second-order valence-electron chi connectivity index (χ2n) is 7.23. The van der Waals surface area contributed by atoms with Crippen molar-refractivity contribution in [2.75, 3.05) is 13.6 Å². The molecule has 0 radical (unpaired) electrons. The van der Waals surface area contributed by atoms with Gasteiger partial charge in [0.25, 0.3) is 0 Å². The number of alkyl halides is 3. The molecule has 0 spiro atoms. The van der Waals surface area contributed by atoms with Crippen LogP contribution in [0.3, 0.4) is 0 Å². The normalized spacial score (nSPS) is 14.0. The summed E-state index contributed by atoms with van der Waals surface area (Å²) in [4.78, 5) is 22.3. The van der Waals surface area contributed by atoms with Crippen LogP contribution in [0.25, 0.3) is 10.9 Å². The lowest BCUT2D eigenvalue weighted by Gasteiger charge is -2.24. The van der Waals surface area contributed by atoms with Crippen molar-refractivity contribution in [3.8, 4) is 0 Å². The van der Waals surface area contributed by atoms with Crippen molar-refractivity contribution in [1.82, 2.24) is 14.9 Å². The highest BCUT2D eigenvalue weighted by molar-refractivity contribution is 5.85. The number of hydrogen-bond donors (Lipinski definition) is 3. The second kappa shape index (κ2) is 10.4. The van der Waals surface area contributed by atoms with Gasteiger partial charge in [-0.15, -0.1) is 0 Å². The number of benzene rings is 1. The summed E-state index contributed by atoms with van der Waals surface area (Å²) in [6.45, 7) is 3.12. The number of rotatable bonds is 6. The van der Waals surface area contributed by atoms with E-state index in [4.69, 9.17) is 15.1 Å². The van der Waals surface area contributed by atoms with Crippen molar-refractivity contribution in [2.24, 2.45) is 0 Å². The number of hydrogen-bond acceptors (Lipinski definition) is 4. The van der Waals surface area contributed by atoms with Gasteiger partial charge in [0.15, 0.2) is 0 Å². The van der Waals surface area contributed by atoms with Crippen LogP contribution in [0.4, 0.5) is 13.2 Å². The van der Waals surface area contributed by atoms with E-state index in [0.717, 1.165) is 45.3 Å². The van der Waals surface area contributed by atoms with Crippen molar-refractivity contribution in [3.63, 3.8) is 0 Å². The zero-order valence-electron chi connectivity index (χ0n) is 16.7. The Hall–Kier alpha value is -2.59. The number of carboxylic acid groups (broad SMARTS) is 1. The van der Waals surface area contributed by atoms with Gasteiger partial charge >= 0.3 is 12.1 Å². The fourth-order valence-electron chi connectivity index (χ4n) is 3.57. The van der Waals surface area contributed by atoms with Gasteiger partial charge in [-0.1, -0.05) is 24.6 Å². The predicted octanol–water partition coefficient (Wildman–Crippen LogP) is 3.33. The molecular formula is C20H26F3N3O4. The molecule has 0 unspecified atom stereocenters. The zero-order chi connectivity index (χ0) is 22.3. The second-order valence-corrected chi connectivity index (χ2v) is 7.23. The Morgan fingerprint density at radius 1 is 1.17 bits per heavy atom. The summed E-state index contributed by atoms with van der Waals surface area (Å²) in [5, 5.41) is 17.0. The minimum absolute atomic E-state index is 0.296. The van der Waals surface area contributed by atoms with E-state index in [9.17, 15) is 18.0 Å². The maximum Gasteiger partial charge on any atom is 0.490 e. The number of nitrogens with zero attached hydrogens (tertiary/aromatic N) is 2. The van der Waals surface area contributed by atoms with Crippen LogP contribution in [0.15, 0.2) is 24.3 Å². The number of nitrogens with one attached hydrogen (secondary N) is 1. The number of carbonyl (C=O) groups is 2. The van der Waals surface area contributed by atoms with Crippen molar-refractivity contribution in [2.45, 2.75) is 51.4 Å². The summed E-state index contributed by atoms with van der Waals surface area (Å²) in [6, 6.07) is 8.69. The van der Waals surface area contributed by atoms with Crippen LogP contribution >= 0.6 is 0 Å². The van der Waals surface area contributed by atoms with Crippen molar-refractivity contribution < 1.29 is 33.1 Å². The van der Waals surface area contributed by atoms with E-state index in [1.165, 1.54) is 22.2 Å². The van der Waals surface area contributed by atoms with Crippen LogP contribution in [0.1, 0.15) is 36.9 Å². The molecule has 10 heteroatoms. The Balaban J connectivity index is 0.000000396. The summed E-state index contributed by atoms with van der Waals surface area (Å²) in [6.07, 6.45) is -0.717. The van der Waals surface area contributed by atoms with Gasteiger partial charge in [0.05, 0.1) is 0 Å². The summed E-state index contributed by atoms with van der Waals surface area (Å²) in [5.41, 5.74) is 5.99. The summed E-state index contributed by atoms with van der Waals surface area (Å²) >= 11 is 0. The first-order chi connectivity index (χ1) is 14.1. The van der Waals surface area contributed by atoms with E-state index in [1.54, 1.807) is 5.48 Å². The molecule has 0 bridgehead atoms. The number of aryl methyl sites for hydroxylation is 1. The van der Waals surface area contributed by atoms with Crippen LogP contribution in [0.5, 0.6) is 0 Å². The van der Waals surface area contributed by atoms with E-state index in [-0.39, 0.29) is 5.91 Å². The number of halogens is 3. The lowest BCUT2D eigenvalue weighted by molar-refractivity contribution is -0.192. The number of carbonyl (C=O) groups excluding carboxylic acids is 1. The Bertz CT molecular complexity index is 880. The van der Waals surface area contributed by atoms with Gasteiger partial charge in [-0.2, -0.15) is 13.2 Å². The highest BCUT2D eigenvalue weighted by atomic mass is 19.4. The first kappa shape index (κ1) is 23.7. The highest BCUT2D eigenvalue weighted by Gasteiger charge is 2.38. The van der Waals surface area contributed by atoms with Gasteiger partial charge in [0.1, 0.15) is 0 Å². The molecule has 0 aliphatic carbocycles. The van der Waals surface area contributed by atoms with Crippen molar-refractivity contribution in [3.05, 3.63) is 35.5 Å². The Kier molecular flexibility index (Phi) is 8.24. The van der Waals surface area contributed by atoms with Crippen molar-refractivity contribution >= 4 is 22.8 Å². The molecule has 0 saturated carbocycles. The maximum atomic E-state index is 11.0. The Morgan fingerprint density at radius 2 is 1.83 bits per heavy atom. The number of para-hydroxylation sites is 1. The first-order valence-electron chi connectivity index (χ1n) is 9.65. The minimum atomic E-state index is -5.08. The third kappa shape index (κ3) is 6.20. The third-order valence-corrected chi connectivity index (χ3v) is 5.01. The molecule has 1 aromatic carbocycles. The number of aliphatic carboxylic acids is 1. The molecule has 1 amide bonds. The number of aromatic nitrogens is 1. The Labute approximate surface area is 172 Å². The number of fused-ring (bicyclic) bond motifs is 3. The molecule has 0 fully saturated rings. The molecule has 30 heavy (non-hydrogen) atoms. The third-order valence-electron chi connectivity index (χ3n) is 5.01. The van der Waals surface area contributed by atoms with Crippen LogP contribution in [-0.4, -0.2) is 51.4 Å². The lowest BCUT2D eigenvalue weighted by atomic mass is 10.0. The molecule has 1 aliphatic rings. The average molecular weight is 429 g/mol. The van der Waals surface area contributed by atoms with E-state index in [1.807, 2.05) is 0 Å². The van der Waals surface area contributed by atoms with Crippen LogP contribution < -0.4 is 5.48 Å². The largest absolute Gasteiger partial charge is 0.490 e. The lowest BCUT2D eigenvalue weighted by Crippen LogP contribution is -2.27. The molecule has 3 N–H and O–H groups in total.